The Bertz CT molecular complexity index is 256. The molecule has 1 saturated carbocycles. The first-order valence-corrected chi connectivity index (χ1v) is 7.40. The highest BCUT2D eigenvalue weighted by Gasteiger charge is 2.50. The van der Waals surface area contributed by atoms with Gasteiger partial charge in [-0.2, -0.15) is 0 Å². The molecule has 0 spiro atoms. The van der Waals surface area contributed by atoms with Gasteiger partial charge in [0, 0.05) is 39.3 Å². The minimum atomic E-state index is 0.714. The summed E-state index contributed by atoms with van der Waals surface area (Å²) in [6, 6.07) is 0. The van der Waals surface area contributed by atoms with Crippen molar-refractivity contribution in [1.82, 2.24) is 15.1 Å². The molecule has 0 bridgehead atoms. The van der Waals surface area contributed by atoms with Crippen LogP contribution in [-0.2, 0) is 0 Å². The molecule has 2 saturated heterocycles. The van der Waals surface area contributed by atoms with E-state index >= 15 is 0 Å². The molecule has 0 aromatic rings. The molecule has 3 rings (SSSR count). The second-order valence-electron chi connectivity index (χ2n) is 6.49. The van der Waals surface area contributed by atoms with Crippen LogP contribution < -0.4 is 5.32 Å². The third kappa shape index (κ3) is 2.67. The topological polar surface area (TPSA) is 18.5 Å². The Morgan fingerprint density at radius 1 is 1.18 bits per heavy atom. The molecule has 3 heteroatoms. The maximum atomic E-state index is 3.46. The first-order valence-electron chi connectivity index (χ1n) is 7.40. The number of hydrogen-bond donors (Lipinski definition) is 1. The number of nitrogens with one attached hydrogen (secondary N) is 1. The van der Waals surface area contributed by atoms with Crippen molar-refractivity contribution in [1.29, 1.82) is 0 Å². The van der Waals surface area contributed by atoms with Gasteiger partial charge in [-0.15, -0.1) is 0 Å². The largest absolute Gasteiger partial charge is 0.314 e. The molecule has 3 aliphatic rings. The predicted molar refractivity (Wildman–Crippen MR) is 71.2 cm³/mol. The van der Waals surface area contributed by atoms with Gasteiger partial charge < -0.3 is 15.1 Å². The molecule has 0 radical (unpaired) electrons. The summed E-state index contributed by atoms with van der Waals surface area (Å²) in [6.07, 6.45) is 5.89. The molecule has 0 aromatic heterocycles. The lowest BCUT2D eigenvalue weighted by Gasteiger charge is -2.39. The minimum absolute atomic E-state index is 0.714. The first kappa shape index (κ1) is 11.9. The van der Waals surface area contributed by atoms with Crippen LogP contribution in [-0.4, -0.2) is 62.7 Å². The summed E-state index contributed by atoms with van der Waals surface area (Å²) in [5.74, 6) is 0.983. The number of hydrogen-bond acceptors (Lipinski definition) is 3. The molecule has 1 atom stereocenters. The molecule has 1 unspecified atom stereocenters. The third-order valence-electron chi connectivity index (χ3n) is 5.13. The van der Waals surface area contributed by atoms with Crippen LogP contribution in [0.15, 0.2) is 0 Å². The molecule has 1 N–H and O–H groups in total. The molecule has 0 aromatic carbocycles. The highest BCUT2D eigenvalue weighted by molar-refractivity contribution is 5.02. The zero-order chi connectivity index (χ0) is 11.7. The van der Waals surface area contributed by atoms with Gasteiger partial charge in [-0.05, 0) is 50.6 Å². The van der Waals surface area contributed by atoms with E-state index in [1.807, 2.05) is 0 Å². The molecule has 98 valence electrons. The summed E-state index contributed by atoms with van der Waals surface area (Å²) in [5.41, 5.74) is 0.714. The number of rotatable bonds is 3. The number of piperazine rings is 1. The van der Waals surface area contributed by atoms with Gasteiger partial charge in [0.05, 0.1) is 0 Å². The van der Waals surface area contributed by atoms with E-state index in [1.54, 1.807) is 0 Å². The van der Waals surface area contributed by atoms with Crippen molar-refractivity contribution in [3.63, 3.8) is 0 Å². The van der Waals surface area contributed by atoms with Crippen molar-refractivity contribution < 1.29 is 0 Å². The fraction of sp³-hybridized carbons (Fsp3) is 1.00. The molecule has 17 heavy (non-hydrogen) atoms. The van der Waals surface area contributed by atoms with Gasteiger partial charge in [0.25, 0.3) is 0 Å². The number of likely N-dealkylation sites (tertiary alicyclic amines) is 1. The van der Waals surface area contributed by atoms with E-state index in [1.165, 1.54) is 71.5 Å². The zero-order valence-electron chi connectivity index (χ0n) is 11.2. The van der Waals surface area contributed by atoms with Crippen LogP contribution in [0.3, 0.4) is 0 Å². The van der Waals surface area contributed by atoms with E-state index < -0.39 is 0 Å². The van der Waals surface area contributed by atoms with Crippen LogP contribution in [0, 0.1) is 11.3 Å². The molecule has 2 aliphatic heterocycles. The van der Waals surface area contributed by atoms with Gasteiger partial charge in [-0.3, -0.25) is 0 Å². The Labute approximate surface area is 106 Å². The second kappa shape index (κ2) is 4.87. The van der Waals surface area contributed by atoms with Crippen molar-refractivity contribution in [2.75, 3.05) is 52.9 Å². The summed E-state index contributed by atoms with van der Waals surface area (Å²) in [6.45, 7) is 8.98. The Kier molecular flexibility index (Phi) is 3.42. The van der Waals surface area contributed by atoms with E-state index in [0.717, 1.165) is 5.92 Å². The monoisotopic (exact) mass is 237 g/mol. The Balaban J connectivity index is 1.57. The number of piperidine rings is 1. The van der Waals surface area contributed by atoms with Crippen molar-refractivity contribution in [2.24, 2.45) is 11.3 Å². The highest BCUT2D eigenvalue weighted by Crippen LogP contribution is 2.54. The van der Waals surface area contributed by atoms with Gasteiger partial charge in [-0.1, -0.05) is 0 Å². The summed E-state index contributed by atoms with van der Waals surface area (Å²) >= 11 is 0. The molecule has 1 aliphatic carbocycles. The van der Waals surface area contributed by atoms with Crippen molar-refractivity contribution in [2.45, 2.75) is 25.7 Å². The fourth-order valence-electron chi connectivity index (χ4n) is 3.84. The number of nitrogens with zero attached hydrogens (tertiary/aromatic N) is 2. The average Bonchev–Trinajstić information content (AvgIpc) is 3.11. The van der Waals surface area contributed by atoms with Crippen molar-refractivity contribution in [3.05, 3.63) is 0 Å². The normalized spacial score (nSPS) is 34.8. The van der Waals surface area contributed by atoms with Gasteiger partial charge in [-0.25, -0.2) is 0 Å². The van der Waals surface area contributed by atoms with Crippen molar-refractivity contribution >= 4 is 0 Å². The summed E-state index contributed by atoms with van der Waals surface area (Å²) < 4.78 is 0. The molecule has 3 fully saturated rings. The van der Waals surface area contributed by atoms with E-state index in [2.05, 4.69) is 22.2 Å². The van der Waals surface area contributed by atoms with E-state index in [9.17, 15) is 0 Å². The van der Waals surface area contributed by atoms with Gasteiger partial charge in [0.1, 0.15) is 0 Å². The Morgan fingerprint density at radius 2 is 1.94 bits per heavy atom. The lowest BCUT2D eigenvalue weighted by atomic mass is 9.82. The highest BCUT2D eigenvalue weighted by atomic mass is 15.2. The van der Waals surface area contributed by atoms with Crippen LogP contribution in [0.2, 0.25) is 0 Å². The maximum absolute atomic E-state index is 3.46. The lowest BCUT2D eigenvalue weighted by Crippen LogP contribution is -2.48. The summed E-state index contributed by atoms with van der Waals surface area (Å²) in [5, 5.41) is 3.46. The van der Waals surface area contributed by atoms with Crippen LogP contribution in [0.25, 0.3) is 0 Å². The average molecular weight is 237 g/mol. The molecule has 0 amide bonds. The van der Waals surface area contributed by atoms with Crippen LogP contribution in [0.4, 0.5) is 0 Å². The van der Waals surface area contributed by atoms with E-state index in [-0.39, 0.29) is 0 Å². The fourth-order valence-corrected chi connectivity index (χ4v) is 3.84. The van der Waals surface area contributed by atoms with Gasteiger partial charge >= 0.3 is 0 Å². The quantitative estimate of drug-likeness (QED) is 0.790. The molecular formula is C14H27N3. The summed E-state index contributed by atoms with van der Waals surface area (Å²) in [4.78, 5) is 5.25. The zero-order valence-corrected chi connectivity index (χ0v) is 11.2. The van der Waals surface area contributed by atoms with Crippen molar-refractivity contribution in [3.8, 4) is 0 Å². The predicted octanol–water partition coefficient (Wildman–Crippen LogP) is 1.01. The Morgan fingerprint density at radius 3 is 2.59 bits per heavy atom. The van der Waals surface area contributed by atoms with Crippen LogP contribution in [0.1, 0.15) is 25.7 Å². The smallest absolute Gasteiger partial charge is 0.0108 e. The standard InChI is InChI=1S/C14H27N3/c1-16-8-2-3-13(11-16)14(4-5-14)12-17-9-6-15-7-10-17/h13,15H,2-12H2,1H3. The van der Waals surface area contributed by atoms with Gasteiger partial charge in [0.2, 0.25) is 0 Å². The van der Waals surface area contributed by atoms with E-state index in [0.29, 0.717) is 5.41 Å². The van der Waals surface area contributed by atoms with E-state index in [4.69, 9.17) is 0 Å². The SMILES string of the molecule is CN1CCCC(C2(CN3CCNCC3)CC2)C1. The lowest BCUT2D eigenvalue weighted by molar-refractivity contribution is 0.102. The van der Waals surface area contributed by atoms with Crippen LogP contribution >= 0.6 is 0 Å². The van der Waals surface area contributed by atoms with Crippen LogP contribution in [0.5, 0.6) is 0 Å². The Hall–Kier alpha value is -0.120. The first-order chi connectivity index (χ1) is 8.28. The second-order valence-corrected chi connectivity index (χ2v) is 6.49. The molecule has 2 heterocycles. The summed E-state index contributed by atoms with van der Waals surface area (Å²) in [7, 11) is 2.30. The minimum Gasteiger partial charge on any atom is -0.314 e. The maximum Gasteiger partial charge on any atom is 0.0108 e. The molecular weight excluding hydrogens is 210 g/mol. The van der Waals surface area contributed by atoms with Gasteiger partial charge in [0.15, 0.2) is 0 Å². The third-order valence-corrected chi connectivity index (χ3v) is 5.13. The molecule has 3 nitrogen and oxygen atoms in total.